The van der Waals surface area contributed by atoms with Crippen molar-refractivity contribution in [1.82, 2.24) is 9.80 Å². The standard InChI is InChI=1S/C23H22N2O5/c1-13(2)19-20(25-21(26)16-7-5-6-8-17(16)22(25)27)23(28)24(19)12-14-9-10-15(29-3)11-18(14)30-4/h5-11,19-20H,1,12H2,2-4H3. The zero-order valence-electron chi connectivity index (χ0n) is 17.0. The van der Waals surface area contributed by atoms with E-state index in [1.807, 2.05) is 6.07 Å². The maximum Gasteiger partial charge on any atom is 0.262 e. The molecule has 0 bridgehead atoms. The summed E-state index contributed by atoms with van der Waals surface area (Å²) in [7, 11) is 3.12. The van der Waals surface area contributed by atoms with E-state index in [9.17, 15) is 14.4 Å². The van der Waals surface area contributed by atoms with E-state index >= 15 is 0 Å². The van der Waals surface area contributed by atoms with E-state index in [0.29, 0.717) is 28.2 Å². The quantitative estimate of drug-likeness (QED) is 0.419. The second kappa shape index (κ2) is 7.33. The van der Waals surface area contributed by atoms with Crippen molar-refractivity contribution in [2.24, 2.45) is 0 Å². The van der Waals surface area contributed by atoms with Gasteiger partial charge in [-0.25, -0.2) is 0 Å². The van der Waals surface area contributed by atoms with Crippen LogP contribution in [-0.4, -0.2) is 53.8 Å². The maximum absolute atomic E-state index is 13.1. The van der Waals surface area contributed by atoms with Crippen LogP contribution in [0.4, 0.5) is 0 Å². The lowest BCUT2D eigenvalue weighted by atomic mass is 9.87. The average Bonchev–Trinajstić information content (AvgIpc) is 3.00. The van der Waals surface area contributed by atoms with E-state index in [2.05, 4.69) is 6.58 Å². The highest BCUT2D eigenvalue weighted by molar-refractivity contribution is 6.23. The zero-order chi connectivity index (χ0) is 21.6. The van der Waals surface area contributed by atoms with Crippen molar-refractivity contribution in [1.29, 1.82) is 0 Å². The minimum Gasteiger partial charge on any atom is -0.497 e. The fourth-order valence-corrected chi connectivity index (χ4v) is 4.12. The molecule has 2 aromatic carbocycles. The number of ether oxygens (including phenoxy) is 2. The Morgan fingerprint density at radius 2 is 1.63 bits per heavy atom. The SMILES string of the molecule is C=C(C)C1C(N2C(=O)c3ccccc3C2=O)C(=O)N1Cc1ccc(OC)cc1OC. The van der Waals surface area contributed by atoms with Gasteiger partial charge in [-0.3, -0.25) is 19.3 Å². The summed E-state index contributed by atoms with van der Waals surface area (Å²) < 4.78 is 10.7. The predicted octanol–water partition coefficient (Wildman–Crippen LogP) is 2.66. The Kier molecular flexibility index (Phi) is 4.81. The van der Waals surface area contributed by atoms with Crippen LogP contribution in [0.2, 0.25) is 0 Å². The number of hydrogen-bond donors (Lipinski definition) is 0. The molecule has 2 aliphatic rings. The Labute approximate surface area is 174 Å². The Morgan fingerprint density at radius 1 is 1.00 bits per heavy atom. The first kappa shape index (κ1) is 19.7. The first-order valence-electron chi connectivity index (χ1n) is 9.52. The molecule has 0 aromatic heterocycles. The van der Waals surface area contributed by atoms with Crippen LogP contribution >= 0.6 is 0 Å². The highest BCUT2D eigenvalue weighted by Crippen LogP contribution is 2.37. The van der Waals surface area contributed by atoms with Gasteiger partial charge in [-0.15, -0.1) is 0 Å². The molecule has 2 heterocycles. The van der Waals surface area contributed by atoms with Crippen molar-refractivity contribution in [3.8, 4) is 11.5 Å². The number of hydrogen-bond acceptors (Lipinski definition) is 5. The lowest BCUT2D eigenvalue weighted by Gasteiger charge is -2.50. The second-order valence-electron chi connectivity index (χ2n) is 7.41. The smallest absolute Gasteiger partial charge is 0.262 e. The molecular formula is C23H22N2O5. The van der Waals surface area contributed by atoms with E-state index < -0.39 is 23.9 Å². The third kappa shape index (κ3) is 2.85. The monoisotopic (exact) mass is 406 g/mol. The zero-order valence-corrected chi connectivity index (χ0v) is 17.0. The normalized spacial score (nSPS) is 20.2. The van der Waals surface area contributed by atoms with Crippen molar-refractivity contribution >= 4 is 17.7 Å². The third-order valence-corrected chi connectivity index (χ3v) is 5.61. The van der Waals surface area contributed by atoms with Crippen LogP contribution < -0.4 is 9.47 Å². The maximum atomic E-state index is 13.1. The van der Waals surface area contributed by atoms with E-state index in [-0.39, 0.29) is 12.5 Å². The average molecular weight is 406 g/mol. The van der Waals surface area contributed by atoms with Crippen LogP contribution in [0.5, 0.6) is 11.5 Å². The van der Waals surface area contributed by atoms with Crippen molar-refractivity contribution in [3.05, 3.63) is 71.3 Å². The fourth-order valence-electron chi connectivity index (χ4n) is 4.12. The molecule has 2 unspecified atom stereocenters. The van der Waals surface area contributed by atoms with Gasteiger partial charge >= 0.3 is 0 Å². The molecule has 2 aliphatic heterocycles. The third-order valence-electron chi connectivity index (χ3n) is 5.61. The van der Waals surface area contributed by atoms with Gasteiger partial charge in [0.25, 0.3) is 11.8 Å². The summed E-state index contributed by atoms with van der Waals surface area (Å²) in [5, 5.41) is 0. The molecule has 1 saturated heterocycles. The van der Waals surface area contributed by atoms with Crippen LogP contribution in [0, 0.1) is 0 Å². The molecule has 3 amide bonds. The first-order chi connectivity index (χ1) is 14.4. The lowest BCUT2D eigenvalue weighted by molar-refractivity contribution is -0.154. The number of benzene rings is 2. The van der Waals surface area contributed by atoms with Gasteiger partial charge in [0.05, 0.1) is 37.9 Å². The minimum atomic E-state index is -0.890. The fraction of sp³-hybridized carbons (Fsp3) is 0.261. The van der Waals surface area contributed by atoms with Gasteiger partial charge in [-0.05, 0) is 31.2 Å². The Hall–Kier alpha value is -3.61. The van der Waals surface area contributed by atoms with Gasteiger partial charge in [0, 0.05) is 11.6 Å². The number of amides is 3. The van der Waals surface area contributed by atoms with E-state index in [1.165, 1.54) is 0 Å². The molecule has 0 spiro atoms. The molecule has 0 N–H and O–H groups in total. The number of rotatable bonds is 6. The summed E-state index contributed by atoms with van der Waals surface area (Å²) in [6.45, 7) is 6.06. The van der Waals surface area contributed by atoms with Crippen molar-refractivity contribution < 1.29 is 23.9 Å². The largest absolute Gasteiger partial charge is 0.497 e. The number of likely N-dealkylation sites (tertiary alicyclic amines) is 1. The highest BCUT2D eigenvalue weighted by atomic mass is 16.5. The lowest BCUT2D eigenvalue weighted by Crippen LogP contribution is -2.71. The molecule has 7 nitrogen and oxygen atoms in total. The Bertz CT molecular complexity index is 1040. The van der Waals surface area contributed by atoms with Crippen molar-refractivity contribution in [2.45, 2.75) is 25.6 Å². The number of carbonyl (C=O) groups excluding carboxylic acids is 3. The summed E-state index contributed by atoms with van der Waals surface area (Å²) >= 11 is 0. The number of β-lactam (4-membered cyclic amide) rings is 1. The molecule has 0 radical (unpaired) electrons. The van der Waals surface area contributed by atoms with Gasteiger partial charge in [0.15, 0.2) is 0 Å². The number of methoxy groups -OCH3 is 2. The van der Waals surface area contributed by atoms with E-state index in [0.717, 1.165) is 10.5 Å². The summed E-state index contributed by atoms with van der Waals surface area (Å²) in [6, 6.07) is 10.6. The Balaban J connectivity index is 1.62. The van der Waals surface area contributed by atoms with Crippen LogP contribution in [0.25, 0.3) is 0 Å². The van der Waals surface area contributed by atoms with Gasteiger partial charge in [0.2, 0.25) is 5.91 Å². The molecule has 0 aliphatic carbocycles. The van der Waals surface area contributed by atoms with Crippen LogP contribution in [0.15, 0.2) is 54.6 Å². The van der Waals surface area contributed by atoms with Crippen LogP contribution in [0.1, 0.15) is 33.2 Å². The molecule has 2 atom stereocenters. The Morgan fingerprint density at radius 3 is 2.17 bits per heavy atom. The van der Waals surface area contributed by atoms with Crippen molar-refractivity contribution in [3.63, 3.8) is 0 Å². The molecule has 154 valence electrons. The van der Waals surface area contributed by atoms with Gasteiger partial charge in [0.1, 0.15) is 17.5 Å². The molecule has 0 saturated carbocycles. The van der Waals surface area contributed by atoms with Crippen LogP contribution in [-0.2, 0) is 11.3 Å². The molecule has 7 heteroatoms. The topological polar surface area (TPSA) is 76.2 Å². The summed E-state index contributed by atoms with van der Waals surface area (Å²) in [5.74, 6) is 0.0526. The molecular weight excluding hydrogens is 384 g/mol. The molecule has 2 aromatic rings. The molecule has 4 rings (SSSR count). The van der Waals surface area contributed by atoms with Crippen molar-refractivity contribution in [2.75, 3.05) is 14.2 Å². The van der Waals surface area contributed by atoms with E-state index in [1.54, 1.807) is 62.4 Å². The van der Waals surface area contributed by atoms with Gasteiger partial charge < -0.3 is 14.4 Å². The minimum absolute atomic E-state index is 0.267. The van der Waals surface area contributed by atoms with Gasteiger partial charge in [-0.2, -0.15) is 0 Å². The van der Waals surface area contributed by atoms with Crippen LogP contribution in [0.3, 0.4) is 0 Å². The molecule has 30 heavy (non-hydrogen) atoms. The van der Waals surface area contributed by atoms with Gasteiger partial charge in [-0.1, -0.05) is 24.3 Å². The predicted molar refractivity (Wildman–Crippen MR) is 109 cm³/mol. The second-order valence-corrected chi connectivity index (χ2v) is 7.41. The van der Waals surface area contributed by atoms with E-state index in [4.69, 9.17) is 9.47 Å². The number of nitrogens with zero attached hydrogens (tertiary/aromatic N) is 2. The summed E-state index contributed by atoms with van der Waals surface area (Å²) in [6.07, 6.45) is 0. The highest BCUT2D eigenvalue weighted by Gasteiger charge is 2.56. The summed E-state index contributed by atoms with van der Waals surface area (Å²) in [4.78, 5) is 41.5. The number of fused-ring (bicyclic) bond motifs is 1. The summed E-state index contributed by atoms with van der Waals surface area (Å²) in [5.41, 5.74) is 2.14. The molecule has 1 fully saturated rings. The number of carbonyl (C=O) groups is 3. The first-order valence-corrected chi connectivity index (χ1v) is 9.52. The number of imide groups is 1.